The van der Waals surface area contributed by atoms with Gasteiger partial charge in [0.15, 0.2) is 0 Å². The number of nitrogens with two attached hydrogens (primary N) is 1. The van der Waals surface area contributed by atoms with Crippen molar-refractivity contribution in [2.45, 2.75) is 20.3 Å². The van der Waals surface area contributed by atoms with Crippen LogP contribution in [0.15, 0.2) is 18.5 Å². The van der Waals surface area contributed by atoms with Crippen LogP contribution in [0.25, 0.3) is 0 Å². The number of aromatic nitrogens is 1. The van der Waals surface area contributed by atoms with E-state index in [0.29, 0.717) is 4.99 Å². The number of rotatable bonds is 3. The Kier molecular flexibility index (Phi) is 3.62. The molecule has 2 rings (SSSR count). The number of thiocarbonyl (C=S) groups is 1. The SMILES string of the molecule is CC(C)C1CCN(c2cnccc2C(N)=S)C1. The van der Waals surface area contributed by atoms with Crippen molar-refractivity contribution in [1.82, 2.24) is 4.98 Å². The molecule has 0 aromatic carbocycles. The minimum Gasteiger partial charge on any atom is -0.389 e. The van der Waals surface area contributed by atoms with Crippen molar-refractivity contribution in [2.24, 2.45) is 17.6 Å². The quantitative estimate of drug-likeness (QED) is 0.834. The van der Waals surface area contributed by atoms with Crippen LogP contribution < -0.4 is 10.6 Å². The van der Waals surface area contributed by atoms with Gasteiger partial charge in [-0.1, -0.05) is 26.1 Å². The van der Waals surface area contributed by atoms with Crippen LogP contribution in [0.4, 0.5) is 5.69 Å². The van der Waals surface area contributed by atoms with E-state index in [2.05, 4.69) is 23.7 Å². The predicted molar refractivity (Wildman–Crippen MR) is 75.3 cm³/mol. The minimum absolute atomic E-state index is 0.454. The lowest BCUT2D eigenvalue weighted by Crippen LogP contribution is -2.24. The molecule has 1 aliphatic rings. The van der Waals surface area contributed by atoms with Crippen LogP contribution in [-0.4, -0.2) is 23.1 Å². The maximum Gasteiger partial charge on any atom is 0.106 e. The highest BCUT2D eigenvalue weighted by Crippen LogP contribution is 2.29. The van der Waals surface area contributed by atoms with Gasteiger partial charge in [-0.05, 0) is 24.3 Å². The Labute approximate surface area is 108 Å². The largest absolute Gasteiger partial charge is 0.389 e. The van der Waals surface area contributed by atoms with Gasteiger partial charge in [0.2, 0.25) is 0 Å². The van der Waals surface area contributed by atoms with Crippen LogP contribution in [0.5, 0.6) is 0 Å². The molecule has 2 heterocycles. The van der Waals surface area contributed by atoms with Crippen LogP contribution in [0.2, 0.25) is 0 Å². The van der Waals surface area contributed by atoms with Crippen molar-refractivity contribution in [3.63, 3.8) is 0 Å². The average Bonchev–Trinajstić information content (AvgIpc) is 2.78. The summed E-state index contributed by atoms with van der Waals surface area (Å²) in [6.07, 6.45) is 4.86. The molecule has 4 heteroatoms. The third-order valence-electron chi connectivity index (χ3n) is 3.57. The zero-order chi connectivity index (χ0) is 12.4. The van der Waals surface area contributed by atoms with E-state index in [-0.39, 0.29) is 0 Å². The van der Waals surface area contributed by atoms with Crippen LogP contribution in [0.3, 0.4) is 0 Å². The summed E-state index contributed by atoms with van der Waals surface area (Å²) in [5.41, 5.74) is 7.78. The number of anilines is 1. The van der Waals surface area contributed by atoms with Gasteiger partial charge >= 0.3 is 0 Å². The smallest absolute Gasteiger partial charge is 0.106 e. The van der Waals surface area contributed by atoms with Crippen LogP contribution in [0.1, 0.15) is 25.8 Å². The zero-order valence-electron chi connectivity index (χ0n) is 10.4. The topological polar surface area (TPSA) is 42.2 Å². The fourth-order valence-electron chi connectivity index (χ4n) is 2.40. The van der Waals surface area contributed by atoms with Crippen molar-refractivity contribution in [2.75, 3.05) is 18.0 Å². The number of nitrogens with zero attached hydrogens (tertiary/aromatic N) is 2. The second-order valence-corrected chi connectivity index (χ2v) is 5.44. The molecular weight excluding hydrogens is 230 g/mol. The lowest BCUT2D eigenvalue weighted by molar-refractivity contribution is 0.423. The Bertz CT molecular complexity index is 417. The standard InChI is InChI=1S/C13H19N3S/c1-9(2)10-4-6-16(8-10)12-7-15-5-3-11(12)13(14)17/h3,5,7,9-10H,4,6,8H2,1-2H3,(H2,14,17). The van der Waals surface area contributed by atoms with Gasteiger partial charge in [0.25, 0.3) is 0 Å². The molecular formula is C13H19N3S. The van der Waals surface area contributed by atoms with Crippen LogP contribution in [-0.2, 0) is 0 Å². The second-order valence-electron chi connectivity index (χ2n) is 5.00. The number of hydrogen-bond donors (Lipinski definition) is 1. The van der Waals surface area contributed by atoms with Crippen molar-refractivity contribution >= 4 is 22.9 Å². The Morgan fingerprint density at radius 3 is 2.94 bits per heavy atom. The molecule has 3 nitrogen and oxygen atoms in total. The molecule has 1 aromatic heterocycles. The summed E-state index contributed by atoms with van der Waals surface area (Å²) in [7, 11) is 0. The van der Waals surface area contributed by atoms with E-state index in [1.807, 2.05) is 12.3 Å². The lowest BCUT2D eigenvalue weighted by atomic mass is 9.95. The zero-order valence-corrected chi connectivity index (χ0v) is 11.2. The first-order chi connectivity index (χ1) is 8.09. The third kappa shape index (κ3) is 2.57. The van der Waals surface area contributed by atoms with Crippen molar-refractivity contribution in [3.8, 4) is 0 Å². The molecule has 0 amide bonds. The summed E-state index contributed by atoms with van der Waals surface area (Å²) in [6.45, 7) is 6.72. The van der Waals surface area contributed by atoms with E-state index in [0.717, 1.165) is 36.2 Å². The molecule has 1 aromatic rings. The molecule has 0 bridgehead atoms. The van der Waals surface area contributed by atoms with Gasteiger partial charge in [-0.3, -0.25) is 4.98 Å². The maximum absolute atomic E-state index is 5.75. The van der Waals surface area contributed by atoms with E-state index >= 15 is 0 Å². The molecule has 1 aliphatic heterocycles. The Hall–Kier alpha value is -1.16. The van der Waals surface area contributed by atoms with Gasteiger partial charge in [0, 0.05) is 24.8 Å². The molecule has 2 N–H and O–H groups in total. The normalized spacial score (nSPS) is 19.9. The Morgan fingerprint density at radius 1 is 1.59 bits per heavy atom. The summed E-state index contributed by atoms with van der Waals surface area (Å²) in [5.74, 6) is 1.49. The lowest BCUT2D eigenvalue weighted by Gasteiger charge is -2.22. The molecule has 0 radical (unpaired) electrons. The van der Waals surface area contributed by atoms with Gasteiger partial charge in [-0.25, -0.2) is 0 Å². The summed E-state index contributed by atoms with van der Waals surface area (Å²) in [6, 6.07) is 1.90. The second kappa shape index (κ2) is 5.00. The van der Waals surface area contributed by atoms with E-state index in [1.165, 1.54) is 6.42 Å². The van der Waals surface area contributed by atoms with Gasteiger partial charge in [-0.15, -0.1) is 0 Å². The molecule has 1 unspecified atom stereocenters. The highest BCUT2D eigenvalue weighted by Gasteiger charge is 2.26. The summed E-state index contributed by atoms with van der Waals surface area (Å²) >= 11 is 5.09. The first-order valence-corrected chi connectivity index (χ1v) is 6.49. The fraction of sp³-hybridized carbons (Fsp3) is 0.538. The number of hydrogen-bond acceptors (Lipinski definition) is 3. The third-order valence-corrected chi connectivity index (χ3v) is 3.79. The molecule has 92 valence electrons. The summed E-state index contributed by atoms with van der Waals surface area (Å²) in [5, 5.41) is 0. The van der Waals surface area contributed by atoms with Gasteiger partial charge in [0.05, 0.1) is 11.9 Å². The van der Waals surface area contributed by atoms with E-state index < -0.39 is 0 Å². The van der Waals surface area contributed by atoms with Gasteiger partial charge in [-0.2, -0.15) is 0 Å². The van der Waals surface area contributed by atoms with Gasteiger partial charge in [0.1, 0.15) is 4.99 Å². The van der Waals surface area contributed by atoms with Crippen molar-refractivity contribution in [3.05, 3.63) is 24.0 Å². The van der Waals surface area contributed by atoms with Crippen molar-refractivity contribution in [1.29, 1.82) is 0 Å². The average molecular weight is 249 g/mol. The van der Waals surface area contributed by atoms with Crippen LogP contribution in [0, 0.1) is 11.8 Å². The molecule has 1 fully saturated rings. The summed E-state index contributed by atoms with van der Waals surface area (Å²) in [4.78, 5) is 6.99. The molecule has 17 heavy (non-hydrogen) atoms. The Morgan fingerprint density at radius 2 is 2.35 bits per heavy atom. The Balaban J connectivity index is 2.21. The molecule has 1 saturated heterocycles. The number of pyridine rings is 1. The van der Waals surface area contributed by atoms with E-state index in [9.17, 15) is 0 Å². The van der Waals surface area contributed by atoms with E-state index in [4.69, 9.17) is 18.0 Å². The maximum atomic E-state index is 5.75. The van der Waals surface area contributed by atoms with Crippen LogP contribution >= 0.6 is 12.2 Å². The van der Waals surface area contributed by atoms with Crippen molar-refractivity contribution < 1.29 is 0 Å². The molecule has 1 atom stereocenters. The summed E-state index contributed by atoms with van der Waals surface area (Å²) < 4.78 is 0. The highest BCUT2D eigenvalue weighted by molar-refractivity contribution is 7.80. The predicted octanol–water partition coefficient (Wildman–Crippen LogP) is 2.20. The first-order valence-electron chi connectivity index (χ1n) is 6.08. The minimum atomic E-state index is 0.454. The fourth-order valence-corrected chi connectivity index (χ4v) is 2.57. The monoisotopic (exact) mass is 249 g/mol. The first kappa shape index (κ1) is 12.3. The highest BCUT2D eigenvalue weighted by atomic mass is 32.1. The molecule has 0 aliphatic carbocycles. The van der Waals surface area contributed by atoms with Gasteiger partial charge < -0.3 is 10.6 Å². The van der Waals surface area contributed by atoms with E-state index in [1.54, 1.807) is 6.20 Å². The molecule has 0 spiro atoms. The molecule has 0 saturated carbocycles.